The van der Waals surface area contributed by atoms with Crippen LogP contribution in [0.1, 0.15) is 0 Å². The van der Waals surface area contributed by atoms with Crippen molar-refractivity contribution < 1.29 is 4.74 Å². The first-order valence-electron chi connectivity index (χ1n) is 2.44. The molecule has 0 amide bonds. The lowest BCUT2D eigenvalue weighted by Gasteiger charge is -1.92. The molecule has 0 spiro atoms. The number of nitrogens with zero attached hydrogens (tertiary/aromatic N) is 3. The number of ether oxygens (including phenoxy) is 1. The Morgan fingerprint density at radius 1 is 1.67 bits per heavy atom. The van der Waals surface area contributed by atoms with E-state index in [9.17, 15) is 0 Å². The maximum Gasteiger partial charge on any atom is 0.316 e. The molecule has 0 radical (unpaired) electrons. The number of aromatic nitrogens is 3. The van der Waals surface area contributed by atoms with Gasteiger partial charge in [-0.15, -0.1) is 5.10 Å². The van der Waals surface area contributed by atoms with E-state index in [0.717, 1.165) is 0 Å². The number of nitrogen functional groups attached to an aromatic ring is 1. The first-order valence-corrected chi connectivity index (χ1v) is 2.44. The molecule has 2 N–H and O–H groups in total. The summed E-state index contributed by atoms with van der Waals surface area (Å²) in [4.78, 5) is 3.74. The molecule has 1 aromatic rings. The van der Waals surface area contributed by atoms with Crippen molar-refractivity contribution in [1.82, 2.24) is 14.8 Å². The quantitative estimate of drug-likeness (QED) is 0.548. The van der Waals surface area contributed by atoms with Crippen molar-refractivity contribution in [3.05, 3.63) is 0 Å². The molecule has 0 aromatic carbocycles. The molecule has 0 aliphatic heterocycles. The molecular formula is C4H8N4O. The van der Waals surface area contributed by atoms with Crippen LogP contribution in [-0.2, 0) is 7.05 Å². The molecule has 0 saturated carbocycles. The SMILES string of the molecule is COc1nc(N)nn1C. The summed E-state index contributed by atoms with van der Waals surface area (Å²) in [6, 6.07) is 0.424. The van der Waals surface area contributed by atoms with Crippen LogP contribution < -0.4 is 10.5 Å². The topological polar surface area (TPSA) is 66.0 Å². The molecule has 1 aromatic heterocycles. The van der Waals surface area contributed by atoms with Crippen LogP contribution in [0.3, 0.4) is 0 Å². The van der Waals surface area contributed by atoms with Crippen molar-refractivity contribution in [1.29, 1.82) is 0 Å². The average Bonchev–Trinajstić information content (AvgIpc) is 2.10. The van der Waals surface area contributed by atoms with Gasteiger partial charge in [0, 0.05) is 7.05 Å². The molecule has 0 unspecified atom stereocenters. The number of anilines is 1. The van der Waals surface area contributed by atoms with Crippen LogP contribution in [0.25, 0.3) is 0 Å². The summed E-state index contributed by atoms with van der Waals surface area (Å²) in [6.45, 7) is 0. The Hall–Kier alpha value is -1.26. The molecule has 1 rings (SSSR count). The van der Waals surface area contributed by atoms with Gasteiger partial charge in [0.15, 0.2) is 0 Å². The highest BCUT2D eigenvalue weighted by molar-refractivity contribution is 5.16. The number of methoxy groups -OCH3 is 1. The Bertz CT molecular complexity index is 206. The minimum absolute atomic E-state index is 0.231. The number of hydrogen-bond acceptors (Lipinski definition) is 4. The first-order chi connectivity index (χ1) is 4.24. The molecule has 0 atom stereocenters. The highest BCUT2D eigenvalue weighted by Crippen LogP contribution is 2.03. The van der Waals surface area contributed by atoms with Crippen LogP contribution in [0, 0.1) is 0 Å². The molecule has 1 heterocycles. The van der Waals surface area contributed by atoms with Crippen LogP contribution >= 0.6 is 0 Å². The second-order valence-corrected chi connectivity index (χ2v) is 1.58. The van der Waals surface area contributed by atoms with Crippen molar-refractivity contribution in [2.24, 2.45) is 7.05 Å². The van der Waals surface area contributed by atoms with Gasteiger partial charge >= 0.3 is 6.01 Å². The fourth-order valence-corrected chi connectivity index (χ4v) is 0.567. The maximum atomic E-state index is 5.23. The largest absolute Gasteiger partial charge is 0.467 e. The van der Waals surface area contributed by atoms with Gasteiger partial charge in [-0.25, -0.2) is 4.68 Å². The van der Waals surface area contributed by atoms with Gasteiger partial charge < -0.3 is 10.5 Å². The molecule has 50 valence electrons. The van der Waals surface area contributed by atoms with E-state index >= 15 is 0 Å². The van der Waals surface area contributed by atoms with Crippen LogP contribution in [0.5, 0.6) is 6.01 Å². The first kappa shape index (κ1) is 5.87. The molecule has 5 heteroatoms. The predicted molar refractivity (Wildman–Crippen MR) is 32.0 cm³/mol. The Morgan fingerprint density at radius 2 is 2.33 bits per heavy atom. The Balaban J connectivity index is 3.01. The minimum Gasteiger partial charge on any atom is -0.467 e. The maximum absolute atomic E-state index is 5.23. The zero-order chi connectivity index (χ0) is 6.85. The summed E-state index contributed by atoms with van der Waals surface area (Å²) in [7, 11) is 3.23. The van der Waals surface area contributed by atoms with Gasteiger partial charge in [-0.1, -0.05) is 0 Å². The van der Waals surface area contributed by atoms with E-state index in [1.54, 1.807) is 7.05 Å². The van der Waals surface area contributed by atoms with Crippen molar-refractivity contribution in [2.45, 2.75) is 0 Å². The third kappa shape index (κ3) is 0.933. The van der Waals surface area contributed by atoms with Crippen LogP contribution in [0.15, 0.2) is 0 Å². The van der Waals surface area contributed by atoms with Gasteiger partial charge in [0.25, 0.3) is 0 Å². The molecule has 0 aliphatic carbocycles. The molecule has 9 heavy (non-hydrogen) atoms. The number of hydrogen-bond donors (Lipinski definition) is 1. The third-order valence-electron chi connectivity index (χ3n) is 0.922. The van der Waals surface area contributed by atoms with Crippen molar-refractivity contribution in [3.63, 3.8) is 0 Å². The zero-order valence-corrected chi connectivity index (χ0v) is 5.33. The number of nitrogens with two attached hydrogens (primary N) is 1. The van der Waals surface area contributed by atoms with Crippen LogP contribution in [-0.4, -0.2) is 21.9 Å². The normalized spacial score (nSPS) is 9.56. The Kier molecular flexibility index (Phi) is 1.26. The van der Waals surface area contributed by atoms with E-state index in [4.69, 9.17) is 10.5 Å². The van der Waals surface area contributed by atoms with E-state index in [-0.39, 0.29) is 5.95 Å². The number of rotatable bonds is 1. The highest BCUT2D eigenvalue weighted by Gasteiger charge is 2.00. The summed E-state index contributed by atoms with van der Waals surface area (Å²) in [5.41, 5.74) is 5.23. The van der Waals surface area contributed by atoms with Gasteiger partial charge in [0.05, 0.1) is 7.11 Å². The van der Waals surface area contributed by atoms with Crippen LogP contribution in [0.2, 0.25) is 0 Å². The van der Waals surface area contributed by atoms with Gasteiger partial charge in [-0.3, -0.25) is 0 Å². The van der Waals surface area contributed by atoms with E-state index in [0.29, 0.717) is 6.01 Å². The van der Waals surface area contributed by atoms with E-state index < -0.39 is 0 Å². The standard InChI is InChI=1S/C4H8N4O/c1-8-4(9-2)6-3(5)7-8/h1-2H3,(H2,5,7). The summed E-state index contributed by atoms with van der Waals surface area (Å²) in [5, 5.41) is 3.74. The molecule has 0 fully saturated rings. The summed E-state index contributed by atoms with van der Waals surface area (Å²) >= 11 is 0. The lowest BCUT2D eigenvalue weighted by molar-refractivity contribution is 0.359. The predicted octanol–water partition coefficient (Wildman–Crippen LogP) is -0.594. The van der Waals surface area contributed by atoms with Gasteiger partial charge in [0.2, 0.25) is 5.95 Å². The lowest BCUT2D eigenvalue weighted by atomic mass is 11.0. The minimum atomic E-state index is 0.231. The lowest BCUT2D eigenvalue weighted by Crippen LogP contribution is -1.95. The molecule has 0 aliphatic rings. The smallest absolute Gasteiger partial charge is 0.316 e. The average molecular weight is 128 g/mol. The summed E-state index contributed by atoms with van der Waals surface area (Å²) < 4.78 is 6.24. The van der Waals surface area contributed by atoms with Gasteiger partial charge in [0.1, 0.15) is 0 Å². The monoisotopic (exact) mass is 128 g/mol. The van der Waals surface area contributed by atoms with Crippen molar-refractivity contribution >= 4 is 5.95 Å². The van der Waals surface area contributed by atoms with E-state index in [2.05, 4.69) is 10.1 Å². The molecular weight excluding hydrogens is 120 g/mol. The molecule has 5 nitrogen and oxygen atoms in total. The second kappa shape index (κ2) is 1.93. The fraction of sp³-hybridized carbons (Fsp3) is 0.500. The van der Waals surface area contributed by atoms with Gasteiger partial charge in [-0.2, -0.15) is 4.98 Å². The fourth-order valence-electron chi connectivity index (χ4n) is 0.567. The summed E-state index contributed by atoms with van der Waals surface area (Å²) in [6.07, 6.45) is 0. The van der Waals surface area contributed by atoms with E-state index in [1.165, 1.54) is 11.8 Å². The number of aryl methyl sites for hydroxylation is 1. The van der Waals surface area contributed by atoms with Gasteiger partial charge in [-0.05, 0) is 0 Å². The van der Waals surface area contributed by atoms with Crippen LogP contribution in [0.4, 0.5) is 5.95 Å². The second-order valence-electron chi connectivity index (χ2n) is 1.58. The van der Waals surface area contributed by atoms with Crippen molar-refractivity contribution in [3.8, 4) is 6.01 Å². The van der Waals surface area contributed by atoms with E-state index in [1.807, 2.05) is 0 Å². The molecule has 0 saturated heterocycles. The highest BCUT2D eigenvalue weighted by atomic mass is 16.5. The van der Waals surface area contributed by atoms with Crippen molar-refractivity contribution in [2.75, 3.05) is 12.8 Å². The Morgan fingerprint density at radius 3 is 2.56 bits per heavy atom. The Labute approximate surface area is 52.4 Å². The summed E-state index contributed by atoms with van der Waals surface area (Å²) in [5.74, 6) is 0.231. The zero-order valence-electron chi connectivity index (χ0n) is 5.33. The third-order valence-corrected chi connectivity index (χ3v) is 0.922. The molecule has 0 bridgehead atoms.